The van der Waals surface area contributed by atoms with Gasteiger partial charge >= 0.3 is 0 Å². The highest BCUT2D eigenvalue weighted by Gasteiger charge is 2.03. The number of halogens is 1. The van der Waals surface area contributed by atoms with Gasteiger partial charge in [-0.3, -0.25) is 4.99 Å². The van der Waals surface area contributed by atoms with Gasteiger partial charge in [0.05, 0.1) is 12.1 Å². The number of benzene rings is 2. The number of nitrogens with one attached hydrogen (secondary N) is 1. The third-order valence-corrected chi connectivity index (χ3v) is 3.88. The number of hydrogen-bond acceptors (Lipinski definition) is 2. The number of guanidine groups is 1. The fraction of sp³-hybridized carbons (Fsp3) is 0.278. The van der Waals surface area contributed by atoms with E-state index in [0.29, 0.717) is 23.3 Å². The Morgan fingerprint density at radius 2 is 2.00 bits per heavy atom. The van der Waals surface area contributed by atoms with Gasteiger partial charge in [0.1, 0.15) is 5.75 Å². The average molecular weight is 332 g/mol. The van der Waals surface area contributed by atoms with Gasteiger partial charge in [-0.05, 0) is 49.6 Å². The van der Waals surface area contributed by atoms with E-state index in [0.717, 1.165) is 12.1 Å². The Hall–Kier alpha value is -2.20. The second-order valence-electron chi connectivity index (χ2n) is 5.42. The third-order valence-electron chi connectivity index (χ3n) is 3.59. The van der Waals surface area contributed by atoms with Crippen molar-refractivity contribution < 1.29 is 4.74 Å². The molecule has 0 aliphatic rings. The van der Waals surface area contributed by atoms with Crippen molar-refractivity contribution in [1.29, 1.82) is 0 Å². The van der Waals surface area contributed by atoms with Gasteiger partial charge in [0, 0.05) is 12.2 Å². The molecule has 5 heteroatoms. The minimum atomic E-state index is 0.371. The standard InChI is InChI=1S/C18H22ClN3O/c1-12-4-5-14(13(2)10-12)8-9-21-18(20)22-15-6-7-17(23-3)16(19)11-15/h4-7,10-11H,8-9H2,1-3H3,(H3,20,21,22). The topological polar surface area (TPSA) is 59.6 Å². The summed E-state index contributed by atoms with van der Waals surface area (Å²) in [7, 11) is 1.58. The number of anilines is 1. The van der Waals surface area contributed by atoms with Crippen LogP contribution in [0.5, 0.6) is 5.75 Å². The lowest BCUT2D eigenvalue weighted by Crippen LogP contribution is -2.23. The molecule has 0 unspecified atom stereocenters. The van der Waals surface area contributed by atoms with Crippen molar-refractivity contribution in [3.05, 3.63) is 58.1 Å². The summed E-state index contributed by atoms with van der Waals surface area (Å²) in [5, 5.41) is 3.56. The van der Waals surface area contributed by atoms with E-state index < -0.39 is 0 Å². The Morgan fingerprint density at radius 3 is 2.65 bits per heavy atom. The summed E-state index contributed by atoms with van der Waals surface area (Å²) in [6.07, 6.45) is 0.859. The van der Waals surface area contributed by atoms with Crippen LogP contribution in [0, 0.1) is 13.8 Å². The zero-order valence-electron chi connectivity index (χ0n) is 13.7. The molecule has 0 saturated carbocycles. The van der Waals surface area contributed by atoms with Crippen LogP contribution >= 0.6 is 11.6 Å². The van der Waals surface area contributed by atoms with Crippen molar-refractivity contribution in [2.75, 3.05) is 19.0 Å². The third kappa shape index (κ3) is 4.89. The summed E-state index contributed by atoms with van der Waals surface area (Å²) in [6, 6.07) is 11.8. The number of ether oxygens (including phenoxy) is 1. The molecule has 0 atom stereocenters. The molecule has 2 aromatic rings. The van der Waals surface area contributed by atoms with E-state index in [1.165, 1.54) is 16.7 Å². The lowest BCUT2D eigenvalue weighted by molar-refractivity contribution is 0.415. The van der Waals surface area contributed by atoms with Crippen LogP contribution in [0.3, 0.4) is 0 Å². The number of nitrogens with zero attached hydrogens (tertiary/aromatic N) is 1. The van der Waals surface area contributed by atoms with Gasteiger partial charge in [-0.1, -0.05) is 35.4 Å². The highest BCUT2D eigenvalue weighted by Crippen LogP contribution is 2.27. The van der Waals surface area contributed by atoms with Crippen LogP contribution in [0.25, 0.3) is 0 Å². The van der Waals surface area contributed by atoms with Gasteiger partial charge in [-0.25, -0.2) is 0 Å². The van der Waals surface area contributed by atoms with Crippen molar-refractivity contribution >= 4 is 23.2 Å². The van der Waals surface area contributed by atoms with Crippen molar-refractivity contribution in [1.82, 2.24) is 0 Å². The molecular formula is C18H22ClN3O. The maximum absolute atomic E-state index is 6.08. The summed E-state index contributed by atoms with van der Waals surface area (Å²) in [4.78, 5) is 4.36. The molecule has 2 rings (SSSR count). The molecular weight excluding hydrogens is 310 g/mol. The molecule has 0 spiro atoms. The van der Waals surface area contributed by atoms with Gasteiger partial charge in [0.25, 0.3) is 0 Å². The molecule has 0 aliphatic carbocycles. The van der Waals surface area contributed by atoms with E-state index in [2.05, 4.69) is 42.4 Å². The maximum Gasteiger partial charge on any atom is 0.193 e. The maximum atomic E-state index is 6.08. The molecule has 0 fully saturated rings. The lowest BCUT2D eigenvalue weighted by atomic mass is 10.0. The number of nitrogens with two attached hydrogens (primary N) is 1. The molecule has 0 aromatic heterocycles. The normalized spacial score (nSPS) is 11.4. The van der Waals surface area contributed by atoms with E-state index >= 15 is 0 Å². The number of aliphatic imine (C=N–C) groups is 1. The molecule has 23 heavy (non-hydrogen) atoms. The van der Waals surface area contributed by atoms with Crippen LogP contribution in [0.4, 0.5) is 5.69 Å². The fourth-order valence-electron chi connectivity index (χ4n) is 2.35. The van der Waals surface area contributed by atoms with E-state index in [1.807, 2.05) is 6.07 Å². The molecule has 122 valence electrons. The molecule has 0 amide bonds. The Labute approximate surface area is 142 Å². The summed E-state index contributed by atoms with van der Waals surface area (Å²) < 4.78 is 5.12. The molecule has 0 aliphatic heterocycles. The van der Waals surface area contributed by atoms with Crippen LogP contribution in [-0.4, -0.2) is 19.6 Å². The first kappa shape index (κ1) is 17.2. The Kier molecular flexibility index (Phi) is 5.88. The number of hydrogen-bond donors (Lipinski definition) is 2. The van der Waals surface area contributed by atoms with Crippen molar-refractivity contribution in [3.63, 3.8) is 0 Å². The molecule has 3 N–H and O–H groups in total. The van der Waals surface area contributed by atoms with Crippen LogP contribution in [0.2, 0.25) is 5.02 Å². The second-order valence-corrected chi connectivity index (χ2v) is 5.83. The first-order valence-corrected chi connectivity index (χ1v) is 7.84. The Morgan fingerprint density at radius 1 is 1.22 bits per heavy atom. The minimum Gasteiger partial charge on any atom is -0.495 e. The van der Waals surface area contributed by atoms with E-state index in [9.17, 15) is 0 Å². The summed E-state index contributed by atoms with van der Waals surface area (Å²) >= 11 is 6.08. The van der Waals surface area contributed by atoms with Gasteiger partial charge in [0.15, 0.2) is 5.96 Å². The zero-order valence-corrected chi connectivity index (χ0v) is 14.4. The molecule has 0 radical (unpaired) electrons. The van der Waals surface area contributed by atoms with Gasteiger partial charge < -0.3 is 15.8 Å². The lowest BCUT2D eigenvalue weighted by Gasteiger charge is -2.09. The molecule has 0 heterocycles. The zero-order chi connectivity index (χ0) is 16.8. The van der Waals surface area contributed by atoms with E-state index in [4.69, 9.17) is 22.1 Å². The minimum absolute atomic E-state index is 0.371. The van der Waals surface area contributed by atoms with Crippen LogP contribution < -0.4 is 15.8 Å². The largest absolute Gasteiger partial charge is 0.495 e. The molecule has 2 aromatic carbocycles. The monoisotopic (exact) mass is 331 g/mol. The second kappa shape index (κ2) is 7.88. The highest BCUT2D eigenvalue weighted by molar-refractivity contribution is 6.32. The average Bonchev–Trinajstić information content (AvgIpc) is 2.49. The van der Waals surface area contributed by atoms with Crippen LogP contribution in [0.1, 0.15) is 16.7 Å². The van der Waals surface area contributed by atoms with Gasteiger partial charge in [-0.15, -0.1) is 0 Å². The predicted molar refractivity (Wildman–Crippen MR) is 97.7 cm³/mol. The van der Waals surface area contributed by atoms with Crippen molar-refractivity contribution in [2.45, 2.75) is 20.3 Å². The Balaban J connectivity index is 1.94. The van der Waals surface area contributed by atoms with Crippen molar-refractivity contribution in [3.8, 4) is 5.75 Å². The fourth-order valence-corrected chi connectivity index (χ4v) is 2.61. The highest BCUT2D eigenvalue weighted by atomic mass is 35.5. The van der Waals surface area contributed by atoms with Crippen LogP contribution in [0.15, 0.2) is 41.4 Å². The van der Waals surface area contributed by atoms with Gasteiger partial charge in [-0.2, -0.15) is 0 Å². The van der Waals surface area contributed by atoms with E-state index in [-0.39, 0.29) is 0 Å². The number of aryl methyl sites for hydroxylation is 2. The Bertz CT molecular complexity index is 713. The molecule has 4 nitrogen and oxygen atoms in total. The number of rotatable bonds is 5. The smallest absolute Gasteiger partial charge is 0.193 e. The first-order valence-electron chi connectivity index (χ1n) is 7.46. The number of methoxy groups -OCH3 is 1. The summed E-state index contributed by atoms with van der Waals surface area (Å²) in [5.74, 6) is 0.999. The molecule has 0 saturated heterocycles. The quantitative estimate of drug-likeness (QED) is 0.644. The summed E-state index contributed by atoms with van der Waals surface area (Å²) in [5.41, 5.74) is 10.5. The van der Waals surface area contributed by atoms with Crippen LogP contribution in [-0.2, 0) is 6.42 Å². The van der Waals surface area contributed by atoms with Gasteiger partial charge in [0.2, 0.25) is 0 Å². The predicted octanol–water partition coefficient (Wildman–Crippen LogP) is 3.93. The van der Waals surface area contributed by atoms with E-state index in [1.54, 1.807) is 19.2 Å². The molecule has 0 bridgehead atoms. The SMILES string of the molecule is COc1ccc(NC(N)=NCCc2ccc(C)cc2C)cc1Cl. The first-order chi connectivity index (χ1) is 11.0. The summed E-state index contributed by atoms with van der Waals surface area (Å²) in [6.45, 7) is 4.84. The van der Waals surface area contributed by atoms with Crippen molar-refractivity contribution in [2.24, 2.45) is 10.7 Å².